The fourth-order valence-corrected chi connectivity index (χ4v) is 3.77. The molecule has 0 aromatic carbocycles. The summed E-state index contributed by atoms with van der Waals surface area (Å²) in [6.07, 6.45) is 13.0. The van der Waals surface area contributed by atoms with Crippen LogP contribution in [-0.4, -0.2) is 47.5 Å². The minimum Gasteiger partial charge on any atom is -0.613 e. The second kappa shape index (κ2) is 22.6. The maximum Gasteiger partial charge on any atom is 0.169 e. The smallest absolute Gasteiger partial charge is 0.169 e. The zero-order valence-electron chi connectivity index (χ0n) is 21.8. The van der Waals surface area contributed by atoms with Crippen molar-refractivity contribution in [2.75, 3.05) is 0 Å². The van der Waals surface area contributed by atoms with Crippen LogP contribution in [0.2, 0.25) is 0 Å². The number of carbonyl (C=O) groups excluding carboxylic acids is 8. The number of rotatable bonds is 3. The Labute approximate surface area is 273 Å². The SMILES string of the molecule is CC1=CC(=O)CCC1.O=C1CCCC(=O)C1.O=[C-]C1C(=O)CCCC1=O.O=[C-]OC1=CC(=O)CCC1.[Y].[Y]. The van der Waals surface area contributed by atoms with E-state index in [1.54, 1.807) is 6.08 Å². The Bertz CT molecular complexity index is 905. The van der Waals surface area contributed by atoms with Gasteiger partial charge in [-0.15, -0.1) is 0 Å². The third-order valence-electron chi connectivity index (χ3n) is 5.66. The molecule has 4 rings (SSSR count). The van der Waals surface area contributed by atoms with Gasteiger partial charge in [0.05, 0.1) is 6.42 Å². The maximum absolute atomic E-state index is 10.8. The van der Waals surface area contributed by atoms with Gasteiger partial charge in [0.1, 0.15) is 28.9 Å². The van der Waals surface area contributed by atoms with Gasteiger partial charge in [-0.3, -0.25) is 19.2 Å². The van der Waals surface area contributed by atoms with Crippen molar-refractivity contribution >= 4 is 47.5 Å². The summed E-state index contributed by atoms with van der Waals surface area (Å²) >= 11 is 0. The van der Waals surface area contributed by atoms with Crippen LogP contribution in [0.15, 0.2) is 23.5 Å². The van der Waals surface area contributed by atoms with E-state index in [-0.39, 0.29) is 101 Å². The molecule has 9 nitrogen and oxygen atoms in total. The summed E-state index contributed by atoms with van der Waals surface area (Å²) in [4.78, 5) is 83.4. The summed E-state index contributed by atoms with van der Waals surface area (Å²) in [7, 11) is 0. The first-order valence-corrected chi connectivity index (χ1v) is 12.1. The molecule has 0 amide bonds. The van der Waals surface area contributed by atoms with Crippen molar-refractivity contribution in [3.63, 3.8) is 0 Å². The van der Waals surface area contributed by atoms with Gasteiger partial charge in [-0.25, -0.2) is 6.29 Å². The molecule has 0 aliphatic heterocycles. The summed E-state index contributed by atoms with van der Waals surface area (Å²) in [6.45, 7) is 3.30. The molecule has 0 saturated heterocycles. The minimum atomic E-state index is -1.06. The van der Waals surface area contributed by atoms with Gasteiger partial charge in [0.2, 0.25) is 0 Å². The molecule has 0 aromatic heterocycles. The standard InChI is InChI=1S/2C7H7O3.C7H10O.C6H8O2.2Y/c8-5-10-7-3-1-2-6(9)4-7;8-4-5-6(9)2-1-3-7(5)10;1-6-3-2-4-7(8)5-6;7-5-2-1-3-6(8)4-5;;/h4H,1-3H2;5H,1-3H2;5H,2-4H2,1H3;1-4H2;;/q2*-1;;;;. The second-order valence-corrected chi connectivity index (χ2v) is 8.87. The molecule has 0 atom stereocenters. The first-order chi connectivity index (χ1) is 17.2. The van der Waals surface area contributed by atoms with Crippen LogP contribution in [0.5, 0.6) is 0 Å². The van der Waals surface area contributed by atoms with Crippen LogP contribution < -0.4 is 0 Å². The van der Waals surface area contributed by atoms with E-state index in [0.717, 1.165) is 32.1 Å². The molecular weight excluding hydrogens is 646 g/mol. The van der Waals surface area contributed by atoms with Crippen molar-refractivity contribution in [1.82, 2.24) is 0 Å². The Morgan fingerprint density at radius 3 is 1.47 bits per heavy atom. The van der Waals surface area contributed by atoms with Crippen LogP contribution in [0, 0.1) is 5.92 Å². The number of carbonyl (C=O) groups is 6. The predicted octanol–water partition coefficient (Wildman–Crippen LogP) is 3.12. The van der Waals surface area contributed by atoms with E-state index in [4.69, 9.17) is 0 Å². The number of hydrogen-bond acceptors (Lipinski definition) is 9. The molecule has 0 bridgehead atoms. The average molecular weight is 678 g/mol. The normalized spacial score (nSPS) is 19.2. The molecule has 0 unspecified atom stereocenters. The van der Waals surface area contributed by atoms with Crippen LogP contribution in [-0.2, 0) is 109 Å². The average Bonchev–Trinajstić information content (AvgIpc) is 2.81. The zero-order valence-corrected chi connectivity index (χ0v) is 27.4. The first kappa shape index (κ1) is 39.0. The van der Waals surface area contributed by atoms with E-state index in [0.29, 0.717) is 56.5 Å². The van der Waals surface area contributed by atoms with Crippen molar-refractivity contribution in [1.29, 1.82) is 0 Å². The number of Topliss-reactive ketones (excluding diaryl/α,β-unsaturated/α-hetero) is 4. The molecule has 202 valence electrons. The molecule has 2 saturated carbocycles. The number of ether oxygens (including phenoxy) is 1. The van der Waals surface area contributed by atoms with Gasteiger partial charge in [0.15, 0.2) is 12.3 Å². The predicted molar refractivity (Wildman–Crippen MR) is 128 cm³/mol. The molecule has 0 aromatic rings. The van der Waals surface area contributed by atoms with E-state index in [1.807, 2.05) is 6.92 Å². The fraction of sp³-hybridized carbons (Fsp3) is 0.556. The van der Waals surface area contributed by atoms with Crippen LogP contribution >= 0.6 is 0 Å². The van der Waals surface area contributed by atoms with Crippen LogP contribution in [0.3, 0.4) is 0 Å². The molecule has 0 heterocycles. The molecule has 4 aliphatic rings. The Morgan fingerprint density at radius 1 is 0.658 bits per heavy atom. The summed E-state index contributed by atoms with van der Waals surface area (Å²) in [5.74, 6) is -0.620. The van der Waals surface area contributed by atoms with E-state index >= 15 is 0 Å². The molecular formula is C27H32O9Y2-2. The third kappa shape index (κ3) is 17.4. The van der Waals surface area contributed by atoms with Gasteiger partial charge in [0, 0.05) is 104 Å². The molecule has 4 aliphatic carbocycles. The van der Waals surface area contributed by atoms with Gasteiger partial charge < -0.3 is 23.9 Å². The van der Waals surface area contributed by atoms with Gasteiger partial charge in [-0.05, 0) is 50.4 Å². The second-order valence-electron chi connectivity index (χ2n) is 8.87. The maximum atomic E-state index is 10.8. The zero-order chi connectivity index (χ0) is 26.9. The minimum absolute atomic E-state index is 0. The van der Waals surface area contributed by atoms with E-state index < -0.39 is 5.92 Å². The van der Waals surface area contributed by atoms with Gasteiger partial charge >= 0.3 is 0 Å². The molecule has 11 heteroatoms. The fourth-order valence-electron chi connectivity index (χ4n) is 3.77. The van der Waals surface area contributed by atoms with Crippen LogP contribution in [0.25, 0.3) is 0 Å². The van der Waals surface area contributed by atoms with Gasteiger partial charge in [-0.2, -0.15) is 0 Å². The van der Waals surface area contributed by atoms with E-state index in [9.17, 15) is 38.4 Å². The summed E-state index contributed by atoms with van der Waals surface area (Å²) in [5, 5.41) is 0. The molecule has 2 radical (unpaired) electrons. The Morgan fingerprint density at radius 2 is 1.13 bits per heavy atom. The van der Waals surface area contributed by atoms with Crippen molar-refractivity contribution in [3.8, 4) is 0 Å². The van der Waals surface area contributed by atoms with Crippen LogP contribution in [0.1, 0.15) is 90.4 Å². The number of allylic oxidation sites excluding steroid dienone is 4. The number of hydrogen-bond donors (Lipinski definition) is 0. The largest absolute Gasteiger partial charge is 0.613 e. The third-order valence-corrected chi connectivity index (χ3v) is 5.66. The summed E-state index contributed by atoms with van der Waals surface area (Å²) in [5.41, 5.74) is 1.24. The van der Waals surface area contributed by atoms with Gasteiger partial charge in [0.25, 0.3) is 0 Å². The molecule has 38 heavy (non-hydrogen) atoms. The number of ketones is 6. The quantitative estimate of drug-likeness (QED) is 0.325. The van der Waals surface area contributed by atoms with Gasteiger partial charge in [-0.1, -0.05) is 24.5 Å². The van der Waals surface area contributed by atoms with Crippen molar-refractivity contribution in [2.24, 2.45) is 5.92 Å². The molecule has 2 fully saturated rings. The van der Waals surface area contributed by atoms with Crippen LogP contribution in [0.4, 0.5) is 0 Å². The Balaban J connectivity index is 0. The summed E-state index contributed by atoms with van der Waals surface area (Å²) in [6, 6.07) is 0. The topological polar surface area (TPSA) is 146 Å². The van der Waals surface area contributed by atoms with E-state index in [1.165, 1.54) is 24.4 Å². The van der Waals surface area contributed by atoms with Crippen molar-refractivity contribution < 1.29 is 109 Å². The van der Waals surface area contributed by atoms with Crippen molar-refractivity contribution in [2.45, 2.75) is 90.4 Å². The monoisotopic (exact) mass is 678 g/mol. The molecule has 0 spiro atoms. The van der Waals surface area contributed by atoms with E-state index in [2.05, 4.69) is 4.74 Å². The first-order valence-electron chi connectivity index (χ1n) is 12.1. The van der Waals surface area contributed by atoms with Crippen molar-refractivity contribution in [3.05, 3.63) is 23.5 Å². The molecule has 0 N–H and O–H groups in total. The summed E-state index contributed by atoms with van der Waals surface area (Å²) < 4.78 is 4.39. The Hall–Kier alpha value is -1.15. The Kier molecular flexibility index (Phi) is 23.2.